The highest BCUT2D eigenvalue weighted by atomic mass is 19.1. The standard InChI is InChI=1S/C16H13F2NO4/c1-10(20)19-12-3-5-13(6-4-12)23-16(21)9-22-15-7-2-11(17)8-14(15)18/h2-8H,9H2,1H3,(H,19,20). The number of hydrogen-bond acceptors (Lipinski definition) is 4. The SMILES string of the molecule is CC(=O)Nc1ccc(OC(=O)COc2ccc(F)cc2F)cc1. The number of amides is 1. The molecule has 0 saturated heterocycles. The van der Waals surface area contributed by atoms with Crippen LogP contribution in [0.5, 0.6) is 11.5 Å². The van der Waals surface area contributed by atoms with Gasteiger partial charge in [-0.05, 0) is 36.4 Å². The average Bonchev–Trinajstić information content (AvgIpc) is 2.48. The third-order valence-corrected chi connectivity index (χ3v) is 2.65. The lowest BCUT2D eigenvalue weighted by atomic mass is 10.3. The Balaban J connectivity index is 1.88. The molecule has 0 atom stereocenters. The summed E-state index contributed by atoms with van der Waals surface area (Å²) >= 11 is 0. The predicted octanol–water partition coefficient (Wildman–Crippen LogP) is 2.91. The van der Waals surface area contributed by atoms with Crippen molar-refractivity contribution in [3.05, 3.63) is 54.1 Å². The summed E-state index contributed by atoms with van der Waals surface area (Å²) in [6.45, 7) is 0.843. The maximum Gasteiger partial charge on any atom is 0.349 e. The molecule has 0 radical (unpaired) electrons. The lowest BCUT2D eigenvalue weighted by Gasteiger charge is -2.08. The summed E-state index contributed by atoms with van der Waals surface area (Å²) in [5.74, 6) is -2.61. The molecule has 1 amide bonds. The van der Waals surface area contributed by atoms with E-state index in [1.54, 1.807) is 12.1 Å². The summed E-state index contributed by atoms with van der Waals surface area (Å²) in [5.41, 5.74) is 0.557. The average molecular weight is 321 g/mol. The Kier molecular flexibility index (Phi) is 5.24. The molecular formula is C16H13F2NO4. The van der Waals surface area contributed by atoms with Gasteiger partial charge in [0.05, 0.1) is 0 Å². The molecule has 1 N–H and O–H groups in total. The highest BCUT2D eigenvalue weighted by Gasteiger charge is 2.10. The Morgan fingerprint density at radius 3 is 2.39 bits per heavy atom. The molecule has 0 saturated carbocycles. The number of nitrogens with one attached hydrogen (secondary N) is 1. The van der Waals surface area contributed by atoms with Crippen molar-refractivity contribution in [2.45, 2.75) is 6.92 Å². The van der Waals surface area contributed by atoms with Gasteiger partial charge in [-0.25, -0.2) is 13.6 Å². The van der Waals surface area contributed by atoms with Gasteiger partial charge in [0.1, 0.15) is 11.6 Å². The van der Waals surface area contributed by atoms with E-state index in [0.717, 1.165) is 12.1 Å². The zero-order valence-corrected chi connectivity index (χ0v) is 12.1. The topological polar surface area (TPSA) is 64.6 Å². The number of carbonyl (C=O) groups excluding carboxylic acids is 2. The second-order valence-electron chi connectivity index (χ2n) is 4.54. The van der Waals surface area contributed by atoms with Crippen LogP contribution in [-0.4, -0.2) is 18.5 Å². The van der Waals surface area contributed by atoms with Gasteiger partial charge >= 0.3 is 5.97 Å². The number of ether oxygens (including phenoxy) is 2. The largest absolute Gasteiger partial charge is 0.479 e. The number of anilines is 1. The fourth-order valence-corrected chi connectivity index (χ4v) is 1.70. The fraction of sp³-hybridized carbons (Fsp3) is 0.125. The quantitative estimate of drug-likeness (QED) is 0.679. The molecule has 0 unspecified atom stereocenters. The van der Waals surface area contributed by atoms with Gasteiger partial charge in [-0.2, -0.15) is 0 Å². The molecule has 2 rings (SSSR count). The summed E-state index contributed by atoms with van der Waals surface area (Å²) in [6.07, 6.45) is 0. The Bertz CT molecular complexity index is 717. The molecule has 0 bridgehead atoms. The number of hydrogen-bond donors (Lipinski definition) is 1. The monoisotopic (exact) mass is 321 g/mol. The molecule has 2 aromatic rings. The minimum Gasteiger partial charge on any atom is -0.479 e. The van der Waals surface area contributed by atoms with Gasteiger partial charge in [-0.3, -0.25) is 4.79 Å². The molecule has 0 aliphatic rings. The normalized spacial score (nSPS) is 10.0. The van der Waals surface area contributed by atoms with Crippen molar-refractivity contribution in [3.63, 3.8) is 0 Å². The van der Waals surface area contributed by atoms with Gasteiger partial charge in [0, 0.05) is 18.7 Å². The summed E-state index contributed by atoms with van der Waals surface area (Å²) in [6, 6.07) is 8.85. The molecular weight excluding hydrogens is 308 g/mol. The smallest absolute Gasteiger partial charge is 0.349 e. The zero-order chi connectivity index (χ0) is 16.8. The van der Waals surface area contributed by atoms with E-state index in [-0.39, 0.29) is 17.4 Å². The second-order valence-corrected chi connectivity index (χ2v) is 4.54. The van der Waals surface area contributed by atoms with E-state index in [2.05, 4.69) is 5.32 Å². The first kappa shape index (κ1) is 16.4. The number of benzene rings is 2. The van der Waals surface area contributed by atoms with Crippen LogP contribution in [-0.2, 0) is 9.59 Å². The Labute approximate surface area is 130 Å². The van der Waals surface area contributed by atoms with Gasteiger partial charge < -0.3 is 14.8 Å². The molecule has 23 heavy (non-hydrogen) atoms. The van der Waals surface area contributed by atoms with Crippen LogP contribution in [0.25, 0.3) is 0 Å². The third kappa shape index (κ3) is 5.06. The van der Waals surface area contributed by atoms with E-state index in [1.165, 1.54) is 19.1 Å². The van der Waals surface area contributed by atoms with Crippen LogP contribution in [0.2, 0.25) is 0 Å². The van der Waals surface area contributed by atoms with Gasteiger partial charge in [0.2, 0.25) is 5.91 Å². The van der Waals surface area contributed by atoms with Gasteiger partial charge in [-0.1, -0.05) is 0 Å². The van der Waals surface area contributed by atoms with Crippen molar-refractivity contribution in [1.82, 2.24) is 0 Å². The molecule has 0 heterocycles. The van der Waals surface area contributed by atoms with Crippen LogP contribution in [0.4, 0.5) is 14.5 Å². The van der Waals surface area contributed by atoms with E-state index in [9.17, 15) is 18.4 Å². The molecule has 0 aliphatic heterocycles. The highest BCUT2D eigenvalue weighted by molar-refractivity contribution is 5.88. The van der Waals surface area contributed by atoms with Crippen LogP contribution >= 0.6 is 0 Å². The summed E-state index contributed by atoms with van der Waals surface area (Å²) in [5, 5.41) is 2.57. The molecule has 0 spiro atoms. The van der Waals surface area contributed by atoms with Crippen LogP contribution in [0.15, 0.2) is 42.5 Å². The van der Waals surface area contributed by atoms with E-state index in [4.69, 9.17) is 9.47 Å². The lowest BCUT2D eigenvalue weighted by Crippen LogP contribution is -2.18. The van der Waals surface area contributed by atoms with E-state index >= 15 is 0 Å². The van der Waals surface area contributed by atoms with Crippen molar-refractivity contribution >= 4 is 17.6 Å². The van der Waals surface area contributed by atoms with Crippen molar-refractivity contribution in [2.75, 3.05) is 11.9 Å². The summed E-state index contributed by atoms with van der Waals surface area (Å²) in [4.78, 5) is 22.5. The zero-order valence-electron chi connectivity index (χ0n) is 12.1. The van der Waals surface area contributed by atoms with Crippen molar-refractivity contribution in [2.24, 2.45) is 0 Å². The number of carbonyl (C=O) groups is 2. The Morgan fingerprint density at radius 2 is 1.78 bits per heavy atom. The van der Waals surface area contributed by atoms with Crippen LogP contribution in [0, 0.1) is 11.6 Å². The minimum absolute atomic E-state index is 0.218. The van der Waals surface area contributed by atoms with E-state index in [1.807, 2.05) is 0 Å². The molecule has 0 aromatic heterocycles. The lowest BCUT2D eigenvalue weighted by molar-refractivity contribution is -0.136. The van der Waals surface area contributed by atoms with Gasteiger partial charge in [0.15, 0.2) is 18.2 Å². The second kappa shape index (κ2) is 7.35. The first-order valence-corrected chi connectivity index (χ1v) is 6.60. The third-order valence-electron chi connectivity index (χ3n) is 2.65. The molecule has 0 aliphatic carbocycles. The predicted molar refractivity (Wildman–Crippen MR) is 78.2 cm³/mol. The van der Waals surface area contributed by atoms with Gasteiger partial charge in [0.25, 0.3) is 0 Å². The first-order chi connectivity index (χ1) is 10.9. The summed E-state index contributed by atoms with van der Waals surface area (Å²) in [7, 11) is 0. The maximum atomic E-state index is 13.3. The van der Waals surface area contributed by atoms with Crippen LogP contribution < -0.4 is 14.8 Å². The maximum absolute atomic E-state index is 13.3. The number of halogens is 2. The van der Waals surface area contributed by atoms with Crippen LogP contribution in [0.1, 0.15) is 6.92 Å². The Hall–Kier alpha value is -2.96. The Morgan fingerprint density at radius 1 is 1.09 bits per heavy atom. The van der Waals surface area contributed by atoms with E-state index < -0.39 is 24.2 Å². The molecule has 0 fully saturated rings. The molecule has 2 aromatic carbocycles. The number of esters is 1. The molecule has 7 heteroatoms. The fourth-order valence-electron chi connectivity index (χ4n) is 1.70. The van der Waals surface area contributed by atoms with Crippen molar-refractivity contribution in [3.8, 4) is 11.5 Å². The summed E-state index contributed by atoms with van der Waals surface area (Å²) < 4.78 is 36.0. The minimum atomic E-state index is -0.905. The number of rotatable bonds is 5. The molecule has 5 nitrogen and oxygen atoms in total. The highest BCUT2D eigenvalue weighted by Crippen LogP contribution is 2.18. The van der Waals surface area contributed by atoms with Gasteiger partial charge in [-0.15, -0.1) is 0 Å². The van der Waals surface area contributed by atoms with Crippen molar-refractivity contribution in [1.29, 1.82) is 0 Å². The van der Waals surface area contributed by atoms with Crippen molar-refractivity contribution < 1.29 is 27.8 Å². The van der Waals surface area contributed by atoms with E-state index in [0.29, 0.717) is 11.8 Å². The van der Waals surface area contributed by atoms with Crippen LogP contribution in [0.3, 0.4) is 0 Å². The first-order valence-electron chi connectivity index (χ1n) is 6.60. The molecule has 120 valence electrons.